The molecule has 1 aliphatic rings. The van der Waals surface area contributed by atoms with Crippen molar-refractivity contribution in [3.05, 3.63) is 24.3 Å². The molecule has 18 heavy (non-hydrogen) atoms. The zero-order chi connectivity index (χ0) is 13.1. The summed E-state index contributed by atoms with van der Waals surface area (Å²) in [4.78, 5) is 19.4. The minimum Gasteiger partial charge on any atom is -0.481 e. The topological polar surface area (TPSA) is 63.1 Å². The largest absolute Gasteiger partial charge is 0.481 e. The highest BCUT2D eigenvalue weighted by atomic mass is 16.4. The average Bonchev–Trinajstić information content (AvgIpc) is 2.39. The van der Waals surface area contributed by atoms with Crippen LogP contribution in [0.4, 0.5) is 0 Å². The van der Waals surface area contributed by atoms with Gasteiger partial charge in [-0.25, -0.2) is 9.97 Å². The van der Waals surface area contributed by atoms with E-state index in [0.29, 0.717) is 11.8 Å². The van der Waals surface area contributed by atoms with Crippen LogP contribution in [0.15, 0.2) is 18.7 Å². The number of hydrogen-bond donors (Lipinski definition) is 1. The van der Waals surface area contributed by atoms with Crippen LogP contribution >= 0.6 is 0 Å². The number of aromatic nitrogens is 2. The molecule has 0 saturated heterocycles. The van der Waals surface area contributed by atoms with Crippen LogP contribution in [-0.2, 0) is 4.79 Å². The summed E-state index contributed by atoms with van der Waals surface area (Å²) < 4.78 is 0. The summed E-state index contributed by atoms with van der Waals surface area (Å²) in [5, 5.41) is 9.35. The number of carboxylic acid groups (broad SMARTS) is 1. The van der Waals surface area contributed by atoms with Gasteiger partial charge in [0.05, 0.1) is 5.92 Å². The molecule has 3 unspecified atom stereocenters. The van der Waals surface area contributed by atoms with Gasteiger partial charge < -0.3 is 5.11 Å². The predicted molar refractivity (Wildman–Crippen MR) is 68.1 cm³/mol. The van der Waals surface area contributed by atoms with Crippen LogP contribution in [0, 0.1) is 17.8 Å². The fourth-order valence-corrected chi connectivity index (χ4v) is 2.97. The molecule has 1 fully saturated rings. The van der Waals surface area contributed by atoms with Gasteiger partial charge in [0.1, 0.15) is 6.33 Å². The van der Waals surface area contributed by atoms with Gasteiger partial charge in [0, 0.05) is 18.3 Å². The molecule has 0 bridgehead atoms. The van der Waals surface area contributed by atoms with E-state index in [4.69, 9.17) is 0 Å². The lowest BCUT2D eigenvalue weighted by Crippen LogP contribution is -2.31. The van der Waals surface area contributed by atoms with Crippen LogP contribution in [0.2, 0.25) is 0 Å². The van der Waals surface area contributed by atoms with Gasteiger partial charge in [0.15, 0.2) is 0 Å². The molecule has 1 aliphatic carbocycles. The first-order valence-corrected chi connectivity index (χ1v) is 6.57. The maximum absolute atomic E-state index is 11.4. The van der Waals surface area contributed by atoms with Crippen LogP contribution in [0.5, 0.6) is 0 Å². The second-order valence-electron chi connectivity index (χ2n) is 5.54. The van der Waals surface area contributed by atoms with Crippen molar-refractivity contribution in [2.75, 3.05) is 0 Å². The van der Waals surface area contributed by atoms with E-state index in [0.717, 1.165) is 24.8 Å². The first-order chi connectivity index (χ1) is 8.59. The second-order valence-corrected chi connectivity index (χ2v) is 5.54. The third-order valence-electron chi connectivity index (χ3n) is 4.16. The molecular formula is C14H20N2O2. The minimum atomic E-state index is -0.689. The van der Waals surface area contributed by atoms with Crippen LogP contribution in [0.25, 0.3) is 0 Å². The molecule has 2 rings (SSSR count). The molecule has 3 atom stereocenters. The van der Waals surface area contributed by atoms with Crippen molar-refractivity contribution >= 4 is 5.97 Å². The van der Waals surface area contributed by atoms with Gasteiger partial charge in [-0.15, -0.1) is 0 Å². The highest BCUT2D eigenvalue weighted by molar-refractivity contribution is 5.71. The normalized spacial score (nSPS) is 28.3. The summed E-state index contributed by atoms with van der Waals surface area (Å²) in [5.74, 6) is 0.291. The van der Waals surface area contributed by atoms with Crippen molar-refractivity contribution in [2.45, 2.75) is 39.0 Å². The molecule has 4 heteroatoms. The van der Waals surface area contributed by atoms with Crippen LogP contribution < -0.4 is 0 Å². The SMILES string of the molecule is CC(C)C1CCC(C(=O)O)C(c2cncnc2)C1. The van der Waals surface area contributed by atoms with E-state index in [2.05, 4.69) is 23.8 Å². The number of rotatable bonds is 3. The molecule has 1 aromatic rings. The smallest absolute Gasteiger partial charge is 0.307 e. The monoisotopic (exact) mass is 248 g/mol. The summed E-state index contributed by atoms with van der Waals surface area (Å²) in [7, 11) is 0. The maximum Gasteiger partial charge on any atom is 0.307 e. The van der Waals surface area contributed by atoms with Gasteiger partial charge in [-0.2, -0.15) is 0 Å². The number of nitrogens with zero attached hydrogens (tertiary/aromatic N) is 2. The lowest BCUT2D eigenvalue weighted by atomic mass is 9.69. The van der Waals surface area contributed by atoms with Gasteiger partial charge >= 0.3 is 5.97 Å². The van der Waals surface area contributed by atoms with Gasteiger partial charge in [-0.05, 0) is 36.7 Å². The number of carbonyl (C=O) groups is 1. The third kappa shape index (κ3) is 2.68. The van der Waals surface area contributed by atoms with Crippen molar-refractivity contribution in [3.63, 3.8) is 0 Å². The zero-order valence-corrected chi connectivity index (χ0v) is 10.9. The molecule has 1 heterocycles. The Hall–Kier alpha value is -1.45. The maximum atomic E-state index is 11.4. The molecule has 0 aromatic carbocycles. The Morgan fingerprint density at radius 1 is 1.33 bits per heavy atom. The van der Waals surface area contributed by atoms with Crippen molar-refractivity contribution in [3.8, 4) is 0 Å². The summed E-state index contributed by atoms with van der Waals surface area (Å²) in [5.41, 5.74) is 0.968. The molecule has 4 nitrogen and oxygen atoms in total. The number of aliphatic carboxylic acids is 1. The zero-order valence-electron chi connectivity index (χ0n) is 10.9. The molecule has 1 saturated carbocycles. The van der Waals surface area contributed by atoms with E-state index in [1.807, 2.05) is 0 Å². The molecule has 98 valence electrons. The number of carboxylic acids is 1. The van der Waals surface area contributed by atoms with E-state index in [1.165, 1.54) is 6.33 Å². The van der Waals surface area contributed by atoms with Crippen LogP contribution in [0.1, 0.15) is 44.6 Å². The van der Waals surface area contributed by atoms with Crippen molar-refractivity contribution in [1.29, 1.82) is 0 Å². The van der Waals surface area contributed by atoms with Crippen molar-refractivity contribution in [1.82, 2.24) is 9.97 Å². The molecule has 1 N–H and O–H groups in total. The van der Waals surface area contributed by atoms with Gasteiger partial charge in [-0.1, -0.05) is 13.8 Å². The first kappa shape index (κ1) is 13.0. The van der Waals surface area contributed by atoms with Gasteiger partial charge in [-0.3, -0.25) is 4.79 Å². The van der Waals surface area contributed by atoms with E-state index >= 15 is 0 Å². The minimum absolute atomic E-state index is 0.0600. The fourth-order valence-electron chi connectivity index (χ4n) is 2.97. The Morgan fingerprint density at radius 2 is 2.00 bits per heavy atom. The highest BCUT2D eigenvalue weighted by Crippen LogP contribution is 2.42. The Morgan fingerprint density at radius 3 is 2.56 bits per heavy atom. The van der Waals surface area contributed by atoms with Crippen molar-refractivity contribution in [2.24, 2.45) is 17.8 Å². The van der Waals surface area contributed by atoms with Gasteiger partial charge in [0.25, 0.3) is 0 Å². The first-order valence-electron chi connectivity index (χ1n) is 6.57. The highest BCUT2D eigenvalue weighted by Gasteiger charge is 2.36. The summed E-state index contributed by atoms with van der Waals surface area (Å²) >= 11 is 0. The molecule has 0 aliphatic heterocycles. The quantitative estimate of drug-likeness (QED) is 0.893. The molecule has 0 radical (unpaired) electrons. The fraction of sp³-hybridized carbons (Fsp3) is 0.643. The second kappa shape index (κ2) is 5.46. The van der Waals surface area contributed by atoms with E-state index in [9.17, 15) is 9.90 Å². The molecular weight excluding hydrogens is 228 g/mol. The predicted octanol–water partition coefficient (Wildman–Crippen LogP) is 2.72. The van der Waals surface area contributed by atoms with Crippen LogP contribution in [-0.4, -0.2) is 21.0 Å². The Balaban J connectivity index is 2.23. The molecule has 0 amide bonds. The summed E-state index contributed by atoms with van der Waals surface area (Å²) in [6, 6.07) is 0. The van der Waals surface area contributed by atoms with E-state index in [-0.39, 0.29) is 11.8 Å². The molecule has 1 aromatic heterocycles. The van der Waals surface area contributed by atoms with Crippen LogP contribution in [0.3, 0.4) is 0 Å². The number of hydrogen-bond acceptors (Lipinski definition) is 3. The summed E-state index contributed by atoms with van der Waals surface area (Å²) in [6.45, 7) is 4.43. The Bertz CT molecular complexity index is 406. The lowest BCUT2D eigenvalue weighted by Gasteiger charge is -2.35. The van der Waals surface area contributed by atoms with Gasteiger partial charge in [0.2, 0.25) is 0 Å². The third-order valence-corrected chi connectivity index (χ3v) is 4.16. The Kier molecular flexibility index (Phi) is 3.94. The standard InChI is InChI=1S/C14H20N2O2/c1-9(2)10-3-4-12(14(17)18)13(5-10)11-6-15-8-16-7-11/h6-10,12-13H,3-5H2,1-2H3,(H,17,18). The van der Waals surface area contributed by atoms with Crippen molar-refractivity contribution < 1.29 is 9.90 Å². The Labute approximate surface area is 107 Å². The summed E-state index contributed by atoms with van der Waals surface area (Å²) in [6.07, 6.45) is 7.72. The van der Waals surface area contributed by atoms with E-state index in [1.54, 1.807) is 12.4 Å². The van der Waals surface area contributed by atoms with E-state index < -0.39 is 5.97 Å². The molecule has 0 spiro atoms. The average molecular weight is 248 g/mol. The lowest BCUT2D eigenvalue weighted by molar-refractivity contribution is -0.144.